The number of carbonyl (C=O) groups is 3. The maximum absolute atomic E-state index is 14.2. The maximum Gasteiger partial charge on any atom is 0.408 e. The quantitative estimate of drug-likeness (QED) is 0.395. The van der Waals surface area contributed by atoms with E-state index < -0.39 is 23.8 Å². The Kier molecular flexibility index (Phi) is 9.88. The molecule has 0 aliphatic heterocycles. The molecule has 0 saturated heterocycles. The molecule has 0 heterocycles. The summed E-state index contributed by atoms with van der Waals surface area (Å²) in [7, 11) is 0. The van der Waals surface area contributed by atoms with Crippen molar-refractivity contribution in [2.75, 3.05) is 17.3 Å². The first-order chi connectivity index (χ1) is 17.9. The zero-order valence-corrected chi connectivity index (χ0v) is 24.4. The summed E-state index contributed by atoms with van der Waals surface area (Å²) in [5, 5.41) is 5.86. The highest BCUT2D eigenvalue weighted by Gasteiger charge is 2.48. The molecule has 0 spiro atoms. The second-order valence-electron chi connectivity index (χ2n) is 11.1. The number of carbonyl (C=O) groups excluding carboxylic acids is 3. The van der Waals surface area contributed by atoms with Crippen molar-refractivity contribution < 1.29 is 19.1 Å². The second kappa shape index (κ2) is 12.7. The lowest BCUT2D eigenvalue weighted by Crippen LogP contribution is -2.53. The third kappa shape index (κ3) is 8.00. The van der Waals surface area contributed by atoms with Gasteiger partial charge in [-0.1, -0.05) is 55.0 Å². The molecule has 2 aromatic carbocycles. The number of hydrogen-bond donors (Lipinski definition) is 2. The van der Waals surface area contributed by atoms with Crippen molar-refractivity contribution in [1.82, 2.24) is 10.2 Å². The number of ether oxygens (including phenoxy) is 1. The average molecular weight is 540 g/mol. The minimum atomic E-state index is -0.852. The van der Waals surface area contributed by atoms with Gasteiger partial charge in [-0.05, 0) is 82.6 Å². The zero-order valence-electron chi connectivity index (χ0n) is 23.5. The van der Waals surface area contributed by atoms with Crippen LogP contribution in [-0.2, 0) is 14.3 Å². The lowest BCUT2D eigenvalue weighted by atomic mass is 10.00. The van der Waals surface area contributed by atoms with Crippen molar-refractivity contribution in [2.45, 2.75) is 78.1 Å². The molecule has 0 radical (unpaired) electrons. The fourth-order valence-electron chi connectivity index (χ4n) is 4.40. The van der Waals surface area contributed by atoms with Gasteiger partial charge in [0.1, 0.15) is 17.7 Å². The van der Waals surface area contributed by atoms with Crippen LogP contribution in [0.5, 0.6) is 0 Å². The number of benzene rings is 2. The summed E-state index contributed by atoms with van der Waals surface area (Å²) in [4.78, 5) is 42.6. The Morgan fingerprint density at radius 1 is 1.08 bits per heavy atom. The van der Waals surface area contributed by atoms with E-state index in [-0.39, 0.29) is 23.8 Å². The Morgan fingerprint density at radius 2 is 1.71 bits per heavy atom. The third-order valence-corrected chi connectivity index (χ3v) is 7.24. The minimum absolute atomic E-state index is 0.103. The zero-order chi connectivity index (χ0) is 28.0. The van der Waals surface area contributed by atoms with Gasteiger partial charge in [-0.15, -0.1) is 0 Å². The molecule has 0 aromatic heterocycles. The number of hydrogen-bond acceptors (Lipinski definition) is 5. The molecule has 206 valence electrons. The molecule has 2 N–H and O–H groups in total. The highest BCUT2D eigenvalue weighted by molar-refractivity contribution is 7.98. The van der Waals surface area contributed by atoms with E-state index >= 15 is 0 Å². The number of thioether (sulfide) groups is 1. The van der Waals surface area contributed by atoms with Crippen LogP contribution in [0.4, 0.5) is 10.5 Å². The molecule has 3 rings (SSSR count). The van der Waals surface area contributed by atoms with Gasteiger partial charge in [0.25, 0.3) is 5.91 Å². The summed E-state index contributed by atoms with van der Waals surface area (Å²) in [6.07, 6.45) is 2.54. The molecule has 1 aliphatic rings. The van der Waals surface area contributed by atoms with Crippen LogP contribution in [0.25, 0.3) is 0 Å². The van der Waals surface area contributed by atoms with Gasteiger partial charge in [-0.3, -0.25) is 9.59 Å². The molecule has 38 heavy (non-hydrogen) atoms. The van der Waals surface area contributed by atoms with Gasteiger partial charge < -0.3 is 20.3 Å². The summed E-state index contributed by atoms with van der Waals surface area (Å²) in [5.74, 6) is 0.368. The number of rotatable bonds is 10. The SMILES string of the molecule is CSCCC(NC(=O)OC(C)(C)C)C(=O)N(C(C(=O)Nc1ccccc1C)c1ccc(C)cc1)C1CC1C. The largest absolute Gasteiger partial charge is 0.444 e. The fraction of sp³-hybridized carbons (Fsp3) is 0.500. The molecule has 0 bridgehead atoms. The van der Waals surface area contributed by atoms with Crippen molar-refractivity contribution in [2.24, 2.45) is 5.92 Å². The number of amides is 3. The second-order valence-corrected chi connectivity index (χ2v) is 12.1. The van der Waals surface area contributed by atoms with Crippen LogP contribution in [0.2, 0.25) is 0 Å². The molecule has 8 heteroatoms. The molecule has 2 aromatic rings. The standard InChI is InChI=1S/C30H41N3O4S/c1-19-12-14-22(15-13-19)26(27(34)31-23-11-9-8-10-20(23)2)33(25-18-21(25)3)28(35)24(16-17-38-7)32-29(36)37-30(4,5)6/h8-15,21,24-26H,16-18H2,1-7H3,(H,31,34)(H,32,36). The maximum atomic E-state index is 14.2. The monoisotopic (exact) mass is 539 g/mol. The first kappa shape index (κ1) is 29.6. The van der Waals surface area contributed by atoms with Crippen LogP contribution >= 0.6 is 11.8 Å². The Bertz CT molecular complexity index is 1130. The lowest BCUT2D eigenvalue weighted by Gasteiger charge is -2.35. The topological polar surface area (TPSA) is 87.7 Å². The van der Waals surface area contributed by atoms with E-state index in [1.54, 1.807) is 37.4 Å². The molecular weight excluding hydrogens is 498 g/mol. The van der Waals surface area contributed by atoms with Crippen LogP contribution in [0.15, 0.2) is 48.5 Å². The summed E-state index contributed by atoms with van der Waals surface area (Å²) in [6, 6.07) is 13.5. The van der Waals surface area contributed by atoms with Crippen LogP contribution in [0.1, 0.15) is 63.3 Å². The van der Waals surface area contributed by atoms with Crippen LogP contribution in [0.3, 0.4) is 0 Å². The van der Waals surface area contributed by atoms with Crippen molar-refractivity contribution in [3.8, 4) is 0 Å². The Labute approximate surface area is 231 Å². The number of nitrogens with zero attached hydrogens (tertiary/aromatic N) is 1. The smallest absolute Gasteiger partial charge is 0.408 e. The van der Waals surface area contributed by atoms with E-state index in [1.165, 1.54) is 0 Å². The molecular formula is C30H41N3O4S. The van der Waals surface area contributed by atoms with Gasteiger partial charge in [0.05, 0.1) is 0 Å². The van der Waals surface area contributed by atoms with Crippen molar-refractivity contribution in [3.05, 3.63) is 65.2 Å². The normalized spacial score (nSPS) is 18.2. The summed E-state index contributed by atoms with van der Waals surface area (Å²) >= 11 is 1.60. The van der Waals surface area contributed by atoms with E-state index in [2.05, 4.69) is 17.6 Å². The van der Waals surface area contributed by atoms with Crippen molar-refractivity contribution in [3.63, 3.8) is 0 Å². The van der Waals surface area contributed by atoms with Crippen LogP contribution in [0, 0.1) is 19.8 Å². The molecule has 1 aliphatic carbocycles. The van der Waals surface area contributed by atoms with Crippen molar-refractivity contribution >= 4 is 35.4 Å². The highest BCUT2D eigenvalue weighted by atomic mass is 32.2. The first-order valence-electron chi connectivity index (χ1n) is 13.1. The Hall–Kier alpha value is -3.00. The molecule has 4 atom stereocenters. The Morgan fingerprint density at radius 3 is 2.26 bits per heavy atom. The van der Waals surface area contributed by atoms with Crippen LogP contribution in [-0.4, -0.2) is 52.5 Å². The lowest BCUT2D eigenvalue weighted by molar-refractivity contribution is -0.141. The Balaban J connectivity index is 2.00. The molecule has 1 saturated carbocycles. The summed E-state index contributed by atoms with van der Waals surface area (Å²) in [5.41, 5.74) is 2.74. The third-order valence-electron chi connectivity index (χ3n) is 6.60. The number of alkyl carbamates (subject to hydrolysis) is 1. The number of para-hydroxylation sites is 1. The molecule has 1 fully saturated rings. The first-order valence-corrected chi connectivity index (χ1v) is 14.5. The molecule has 4 unspecified atom stereocenters. The fourth-order valence-corrected chi connectivity index (χ4v) is 4.87. The van der Waals surface area contributed by atoms with E-state index in [0.717, 1.165) is 23.1 Å². The van der Waals surface area contributed by atoms with E-state index in [4.69, 9.17) is 4.74 Å². The average Bonchev–Trinajstić information content (AvgIpc) is 3.56. The van der Waals surface area contributed by atoms with Gasteiger partial charge in [-0.25, -0.2) is 4.79 Å². The van der Waals surface area contributed by atoms with Crippen LogP contribution < -0.4 is 10.6 Å². The van der Waals surface area contributed by atoms with Gasteiger partial charge in [0.2, 0.25) is 5.91 Å². The number of nitrogens with one attached hydrogen (secondary N) is 2. The highest BCUT2D eigenvalue weighted by Crippen LogP contribution is 2.41. The van der Waals surface area contributed by atoms with Gasteiger partial charge in [0.15, 0.2) is 0 Å². The summed E-state index contributed by atoms with van der Waals surface area (Å²) < 4.78 is 5.47. The number of anilines is 1. The molecule has 3 amide bonds. The van der Waals surface area contributed by atoms with E-state index in [1.807, 2.05) is 68.6 Å². The van der Waals surface area contributed by atoms with Gasteiger partial charge in [-0.2, -0.15) is 11.8 Å². The minimum Gasteiger partial charge on any atom is -0.444 e. The van der Waals surface area contributed by atoms with E-state index in [9.17, 15) is 14.4 Å². The van der Waals surface area contributed by atoms with E-state index in [0.29, 0.717) is 17.9 Å². The van der Waals surface area contributed by atoms with Crippen molar-refractivity contribution in [1.29, 1.82) is 0 Å². The predicted molar refractivity (Wildman–Crippen MR) is 154 cm³/mol. The number of aryl methyl sites for hydroxylation is 2. The van der Waals surface area contributed by atoms with Gasteiger partial charge in [0, 0.05) is 11.7 Å². The molecule has 7 nitrogen and oxygen atoms in total. The predicted octanol–water partition coefficient (Wildman–Crippen LogP) is 5.87. The summed E-state index contributed by atoms with van der Waals surface area (Å²) in [6.45, 7) is 11.4. The van der Waals surface area contributed by atoms with Gasteiger partial charge >= 0.3 is 6.09 Å².